The van der Waals surface area contributed by atoms with Gasteiger partial charge in [-0.3, -0.25) is 0 Å². The maximum absolute atomic E-state index is 2.55. The molecule has 0 spiro atoms. The van der Waals surface area contributed by atoms with Crippen molar-refractivity contribution < 1.29 is 0 Å². The lowest BCUT2D eigenvalue weighted by Gasteiger charge is -2.20. The van der Waals surface area contributed by atoms with Gasteiger partial charge in [0.1, 0.15) is 0 Å². The lowest BCUT2D eigenvalue weighted by Crippen LogP contribution is -2.20. The number of hydrogen-bond acceptors (Lipinski definition) is 0. The van der Waals surface area contributed by atoms with Crippen LogP contribution in [0.15, 0.2) is 170 Å². The van der Waals surface area contributed by atoms with Crippen molar-refractivity contribution in [2.24, 2.45) is 0 Å². The van der Waals surface area contributed by atoms with Gasteiger partial charge in [0.05, 0.1) is 16.6 Å². The van der Waals surface area contributed by atoms with Crippen LogP contribution in [0, 0.1) is 0 Å². The van der Waals surface area contributed by atoms with E-state index in [1.807, 2.05) is 0 Å². The van der Waals surface area contributed by atoms with Crippen molar-refractivity contribution in [1.82, 2.24) is 9.13 Å². The van der Waals surface area contributed by atoms with Crippen LogP contribution in [-0.2, 0) is 0 Å². The quantitative estimate of drug-likeness (QED) is 0.118. The topological polar surface area (TPSA) is 9.86 Å². The first-order valence-electron chi connectivity index (χ1n) is 16.5. The Bertz CT molecular complexity index is 2350. The molecular formula is C44H37N2P. The minimum absolute atomic E-state index is 0.199. The summed E-state index contributed by atoms with van der Waals surface area (Å²) in [6, 6.07) is 53.8. The van der Waals surface area contributed by atoms with E-state index < -0.39 is 7.92 Å². The fraction of sp³-hybridized carbons (Fsp3) is 0.0909. The Balaban J connectivity index is 1.34. The summed E-state index contributed by atoms with van der Waals surface area (Å²) in [4.78, 5) is 0. The van der Waals surface area contributed by atoms with Crippen LogP contribution in [-0.4, -0.2) is 9.13 Å². The fourth-order valence-electron chi connectivity index (χ4n) is 7.17. The lowest BCUT2D eigenvalue weighted by atomic mass is 10.1. The van der Waals surface area contributed by atoms with Gasteiger partial charge in [0.2, 0.25) is 0 Å². The van der Waals surface area contributed by atoms with Crippen LogP contribution in [0.5, 0.6) is 0 Å². The minimum Gasteiger partial charge on any atom is -0.333 e. The van der Waals surface area contributed by atoms with Crippen molar-refractivity contribution >= 4 is 67.4 Å². The number of benzene rings is 6. The van der Waals surface area contributed by atoms with Crippen LogP contribution >= 0.6 is 7.92 Å². The number of aromatic nitrogens is 2. The molecule has 0 aliphatic heterocycles. The van der Waals surface area contributed by atoms with E-state index in [0.717, 1.165) is 6.42 Å². The molecule has 6 aromatic carbocycles. The highest BCUT2D eigenvalue weighted by atomic mass is 31.1. The molecule has 1 unspecified atom stereocenters. The Morgan fingerprint density at radius 1 is 0.553 bits per heavy atom. The van der Waals surface area contributed by atoms with E-state index >= 15 is 0 Å². The summed E-state index contributed by atoms with van der Waals surface area (Å²) < 4.78 is 5.00. The molecule has 3 heteroatoms. The SMILES string of the molecule is C/C=C\C/C=C\C(C)n1c2ccccc2c2ccc3c(c4ccccc4n3-c3ccc(P(c4ccccc4)c4ccccc4)cc3)c21. The zero-order valence-corrected chi connectivity index (χ0v) is 27.7. The molecule has 0 saturated carbocycles. The normalized spacial score (nSPS) is 12.9. The van der Waals surface area contributed by atoms with Gasteiger partial charge in [-0.1, -0.05) is 140 Å². The molecule has 0 fully saturated rings. The number of hydrogen-bond donors (Lipinski definition) is 0. The zero-order valence-electron chi connectivity index (χ0n) is 26.8. The molecule has 2 aromatic heterocycles. The number of nitrogens with zero attached hydrogens (tertiary/aromatic N) is 2. The summed E-state index contributed by atoms with van der Waals surface area (Å²) >= 11 is 0. The molecule has 0 amide bonds. The Morgan fingerprint density at radius 2 is 1.15 bits per heavy atom. The van der Waals surface area contributed by atoms with E-state index in [-0.39, 0.29) is 6.04 Å². The second kappa shape index (κ2) is 12.6. The molecule has 228 valence electrons. The van der Waals surface area contributed by atoms with E-state index in [1.54, 1.807) is 0 Å². The molecule has 2 heterocycles. The second-order valence-corrected chi connectivity index (χ2v) is 14.3. The van der Waals surface area contributed by atoms with E-state index in [0.29, 0.717) is 0 Å². The van der Waals surface area contributed by atoms with Crippen molar-refractivity contribution in [2.45, 2.75) is 26.3 Å². The molecule has 0 bridgehead atoms. The highest BCUT2D eigenvalue weighted by Gasteiger charge is 2.22. The molecule has 0 saturated heterocycles. The maximum atomic E-state index is 2.55. The van der Waals surface area contributed by atoms with Crippen molar-refractivity contribution in [2.75, 3.05) is 0 Å². The van der Waals surface area contributed by atoms with Gasteiger partial charge in [-0.2, -0.15) is 0 Å². The molecule has 1 atom stereocenters. The van der Waals surface area contributed by atoms with Crippen LogP contribution in [0.2, 0.25) is 0 Å². The third-order valence-corrected chi connectivity index (χ3v) is 11.7. The van der Waals surface area contributed by atoms with Gasteiger partial charge in [-0.25, -0.2) is 0 Å². The van der Waals surface area contributed by atoms with E-state index in [9.17, 15) is 0 Å². The van der Waals surface area contributed by atoms with Crippen molar-refractivity contribution in [1.29, 1.82) is 0 Å². The Hall–Kier alpha value is -5.17. The summed E-state index contributed by atoms with van der Waals surface area (Å²) in [5.74, 6) is 0. The van der Waals surface area contributed by atoms with Crippen LogP contribution in [0.25, 0.3) is 49.3 Å². The molecule has 2 nitrogen and oxygen atoms in total. The summed E-state index contributed by atoms with van der Waals surface area (Å²) in [5.41, 5.74) is 6.21. The summed E-state index contributed by atoms with van der Waals surface area (Å²) in [7, 11) is -0.663. The second-order valence-electron chi connectivity index (χ2n) is 12.1. The Morgan fingerprint density at radius 3 is 1.83 bits per heavy atom. The van der Waals surface area contributed by atoms with Gasteiger partial charge >= 0.3 is 0 Å². The third kappa shape index (κ3) is 5.10. The molecule has 0 N–H and O–H groups in total. The van der Waals surface area contributed by atoms with Gasteiger partial charge < -0.3 is 9.13 Å². The maximum Gasteiger partial charge on any atom is 0.0598 e. The summed E-state index contributed by atoms with van der Waals surface area (Å²) in [6.07, 6.45) is 9.90. The van der Waals surface area contributed by atoms with Crippen LogP contribution in [0.4, 0.5) is 0 Å². The van der Waals surface area contributed by atoms with Crippen LogP contribution in [0.1, 0.15) is 26.3 Å². The zero-order chi connectivity index (χ0) is 31.7. The molecule has 0 radical (unpaired) electrons. The molecule has 8 aromatic rings. The van der Waals surface area contributed by atoms with Gasteiger partial charge in [0.15, 0.2) is 0 Å². The number of allylic oxidation sites excluding steroid dienone is 4. The largest absolute Gasteiger partial charge is 0.333 e. The first-order chi connectivity index (χ1) is 23.2. The van der Waals surface area contributed by atoms with E-state index in [2.05, 4.69) is 193 Å². The smallest absolute Gasteiger partial charge is 0.0598 e. The first-order valence-corrected chi connectivity index (χ1v) is 17.8. The highest BCUT2D eigenvalue weighted by Crippen LogP contribution is 2.42. The molecule has 47 heavy (non-hydrogen) atoms. The molecule has 8 rings (SSSR count). The fourth-order valence-corrected chi connectivity index (χ4v) is 9.45. The lowest BCUT2D eigenvalue weighted by molar-refractivity contribution is 0.710. The Labute approximate surface area is 277 Å². The van der Waals surface area contributed by atoms with Gasteiger partial charge in [-0.15, -0.1) is 0 Å². The van der Waals surface area contributed by atoms with E-state index in [4.69, 9.17) is 0 Å². The van der Waals surface area contributed by atoms with Crippen LogP contribution in [0.3, 0.4) is 0 Å². The standard InChI is InChI=1S/C44H37N2P/c1-3-4-5-8-17-32(2)45-40-24-15-13-22-37(40)38-30-31-42-43(44(38)45)39-23-14-16-25-41(39)46(42)33-26-28-36(29-27-33)47(34-18-9-6-10-19-34)35-20-11-7-12-21-35/h3-4,6-32H,5H2,1-2H3/b4-3-,17-8-. The van der Waals surface area contributed by atoms with Crippen molar-refractivity contribution in [3.8, 4) is 5.69 Å². The first kappa shape index (κ1) is 29.2. The van der Waals surface area contributed by atoms with Crippen molar-refractivity contribution in [3.05, 3.63) is 170 Å². The summed E-state index contributed by atoms with van der Waals surface area (Å²) in [5, 5.41) is 9.27. The molecular weight excluding hydrogens is 587 g/mol. The average molecular weight is 625 g/mol. The predicted octanol–water partition coefficient (Wildman–Crippen LogP) is 10.7. The number of rotatable bonds is 8. The monoisotopic (exact) mass is 624 g/mol. The van der Waals surface area contributed by atoms with Crippen LogP contribution < -0.4 is 15.9 Å². The predicted molar refractivity (Wildman–Crippen MR) is 206 cm³/mol. The minimum atomic E-state index is -0.663. The molecule has 0 aliphatic rings. The van der Waals surface area contributed by atoms with E-state index in [1.165, 1.54) is 65.2 Å². The number of fused-ring (bicyclic) bond motifs is 7. The number of para-hydroxylation sites is 2. The Kier molecular flexibility index (Phi) is 7.81. The van der Waals surface area contributed by atoms with Gasteiger partial charge in [0.25, 0.3) is 0 Å². The molecule has 0 aliphatic carbocycles. The van der Waals surface area contributed by atoms with Crippen molar-refractivity contribution in [3.63, 3.8) is 0 Å². The van der Waals surface area contributed by atoms with Gasteiger partial charge in [-0.05, 0) is 74.4 Å². The summed E-state index contributed by atoms with van der Waals surface area (Å²) in [6.45, 7) is 4.39. The average Bonchev–Trinajstić information content (AvgIpc) is 3.65. The highest BCUT2D eigenvalue weighted by molar-refractivity contribution is 7.79. The van der Waals surface area contributed by atoms with Gasteiger partial charge in [0, 0.05) is 38.8 Å². The third-order valence-electron chi connectivity index (χ3n) is 9.23.